The van der Waals surface area contributed by atoms with E-state index in [9.17, 15) is 9.59 Å². The van der Waals surface area contributed by atoms with Gasteiger partial charge in [0, 0.05) is 23.5 Å². The molecule has 0 aromatic carbocycles. The van der Waals surface area contributed by atoms with Gasteiger partial charge in [-0.2, -0.15) is 0 Å². The van der Waals surface area contributed by atoms with E-state index in [0.29, 0.717) is 11.1 Å². The minimum absolute atomic E-state index is 0.198. The number of aryl methyl sites for hydroxylation is 1. The highest BCUT2D eigenvalue weighted by Crippen LogP contribution is 1.93. The highest BCUT2D eigenvalue weighted by atomic mass is 16.4. The number of carboxylic acid groups (broad SMARTS) is 1. The summed E-state index contributed by atoms with van der Waals surface area (Å²) in [4.78, 5) is 24.2. The minimum Gasteiger partial charge on any atom is -0.481 e. The Morgan fingerprint density at radius 2 is 2.25 bits per heavy atom. The van der Waals surface area contributed by atoms with Crippen molar-refractivity contribution >= 4 is 5.97 Å². The quantitative estimate of drug-likeness (QED) is 0.666. The van der Waals surface area contributed by atoms with Crippen LogP contribution in [-0.2, 0) is 11.2 Å². The van der Waals surface area contributed by atoms with Crippen LogP contribution in [0.25, 0.3) is 0 Å². The molecule has 64 valence electrons. The number of H-pyrrole nitrogens is 1. The van der Waals surface area contributed by atoms with Gasteiger partial charge in [-0.3, -0.25) is 9.59 Å². The van der Waals surface area contributed by atoms with Crippen LogP contribution in [0.5, 0.6) is 0 Å². The van der Waals surface area contributed by atoms with Crippen LogP contribution in [0.3, 0.4) is 0 Å². The van der Waals surface area contributed by atoms with Gasteiger partial charge in [0.05, 0.1) is 6.42 Å². The van der Waals surface area contributed by atoms with E-state index in [2.05, 4.69) is 4.98 Å². The van der Waals surface area contributed by atoms with Crippen molar-refractivity contribution in [2.75, 3.05) is 0 Å². The number of carbonyl (C=O) groups is 1. The minimum atomic E-state index is -0.994. The van der Waals surface area contributed by atoms with Gasteiger partial charge in [-0.25, -0.2) is 0 Å². The van der Waals surface area contributed by atoms with Crippen molar-refractivity contribution in [3.8, 4) is 0 Å². The van der Waals surface area contributed by atoms with Gasteiger partial charge in [0.15, 0.2) is 5.43 Å². The monoisotopic (exact) mass is 167 g/mol. The predicted molar refractivity (Wildman–Crippen MR) is 43.1 cm³/mol. The molecule has 0 spiro atoms. The van der Waals surface area contributed by atoms with Crippen LogP contribution in [0.2, 0.25) is 0 Å². The molecule has 1 heterocycles. The molecule has 0 fully saturated rings. The maximum absolute atomic E-state index is 11.2. The van der Waals surface area contributed by atoms with Gasteiger partial charge in [0.2, 0.25) is 0 Å². The molecular formula is C8H9NO3. The topological polar surface area (TPSA) is 70.2 Å². The van der Waals surface area contributed by atoms with Crippen LogP contribution < -0.4 is 5.43 Å². The Labute approximate surface area is 68.9 Å². The molecule has 4 heteroatoms. The maximum atomic E-state index is 11.2. The highest BCUT2D eigenvalue weighted by molar-refractivity contribution is 5.70. The van der Waals surface area contributed by atoms with Crippen molar-refractivity contribution in [2.24, 2.45) is 0 Å². The average molecular weight is 167 g/mol. The molecule has 0 bridgehead atoms. The normalized spacial score (nSPS) is 9.75. The summed E-state index contributed by atoms with van der Waals surface area (Å²) >= 11 is 0. The first-order valence-corrected chi connectivity index (χ1v) is 3.49. The van der Waals surface area contributed by atoms with Gasteiger partial charge >= 0.3 is 5.97 Å². The first kappa shape index (κ1) is 8.52. The van der Waals surface area contributed by atoms with Crippen LogP contribution >= 0.6 is 0 Å². The Bertz CT molecular complexity index is 354. The fourth-order valence-corrected chi connectivity index (χ4v) is 0.946. The third-order valence-corrected chi connectivity index (χ3v) is 1.55. The number of hydrogen-bond donors (Lipinski definition) is 2. The molecule has 2 N–H and O–H groups in total. The number of nitrogens with one attached hydrogen (secondary N) is 1. The fourth-order valence-electron chi connectivity index (χ4n) is 0.946. The molecule has 0 aliphatic rings. The maximum Gasteiger partial charge on any atom is 0.308 e. The molecule has 0 radical (unpaired) electrons. The van der Waals surface area contributed by atoms with E-state index >= 15 is 0 Å². The predicted octanol–water partition coefficient (Wildman–Crippen LogP) is 0.310. The van der Waals surface area contributed by atoms with Crippen LogP contribution in [0.4, 0.5) is 0 Å². The van der Waals surface area contributed by atoms with E-state index in [1.165, 1.54) is 6.20 Å². The second-order valence-corrected chi connectivity index (χ2v) is 2.56. The third-order valence-electron chi connectivity index (χ3n) is 1.55. The summed E-state index contributed by atoms with van der Waals surface area (Å²) in [7, 11) is 0. The molecule has 1 aromatic heterocycles. The molecule has 12 heavy (non-hydrogen) atoms. The largest absolute Gasteiger partial charge is 0.481 e. The van der Waals surface area contributed by atoms with Crippen molar-refractivity contribution in [1.29, 1.82) is 0 Å². The summed E-state index contributed by atoms with van der Waals surface area (Å²) in [6.45, 7) is 1.64. The zero-order valence-corrected chi connectivity index (χ0v) is 6.63. The zero-order valence-electron chi connectivity index (χ0n) is 6.63. The fraction of sp³-hybridized carbons (Fsp3) is 0.250. The SMILES string of the molecule is Cc1c[nH]cc(CC(=O)O)c1=O. The molecule has 0 aliphatic heterocycles. The molecular weight excluding hydrogens is 158 g/mol. The summed E-state index contributed by atoms with van der Waals surface area (Å²) < 4.78 is 0. The lowest BCUT2D eigenvalue weighted by molar-refractivity contribution is -0.136. The van der Waals surface area contributed by atoms with Crippen molar-refractivity contribution in [3.05, 3.63) is 33.7 Å². The van der Waals surface area contributed by atoms with Crippen molar-refractivity contribution in [1.82, 2.24) is 4.98 Å². The van der Waals surface area contributed by atoms with Gasteiger partial charge in [-0.15, -0.1) is 0 Å². The summed E-state index contributed by atoms with van der Waals surface area (Å²) in [5.74, 6) is -0.994. The molecule has 0 amide bonds. The Morgan fingerprint density at radius 3 is 2.83 bits per heavy atom. The summed E-state index contributed by atoms with van der Waals surface area (Å²) in [6.07, 6.45) is 2.74. The number of aliphatic carboxylic acids is 1. The number of rotatable bonds is 2. The lowest BCUT2D eigenvalue weighted by atomic mass is 10.1. The van der Waals surface area contributed by atoms with Crippen LogP contribution in [-0.4, -0.2) is 16.1 Å². The number of hydrogen-bond acceptors (Lipinski definition) is 2. The molecule has 0 unspecified atom stereocenters. The molecule has 0 atom stereocenters. The van der Waals surface area contributed by atoms with E-state index < -0.39 is 5.97 Å². The van der Waals surface area contributed by atoms with Gasteiger partial charge in [0.1, 0.15) is 0 Å². The summed E-state index contributed by atoms with van der Waals surface area (Å²) in [5, 5.41) is 8.43. The first-order valence-electron chi connectivity index (χ1n) is 3.49. The van der Waals surface area contributed by atoms with E-state index in [1.807, 2.05) is 0 Å². The number of aromatic nitrogens is 1. The summed E-state index contributed by atoms with van der Waals surface area (Å²) in [5.41, 5.74) is 0.632. The lowest BCUT2D eigenvalue weighted by Crippen LogP contribution is -2.15. The first-order chi connectivity index (χ1) is 5.61. The Kier molecular flexibility index (Phi) is 2.28. The van der Waals surface area contributed by atoms with Gasteiger partial charge < -0.3 is 10.1 Å². The number of aromatic amines is 1. The smallest absolute Gasteiger partial charge is 0.308 e. The van der Waals surface area contributed by atoms with Gasteiger partial charge in [-0.05, 0) is 6.92 Å². The van der Waals surface area contributed by atoms with E-state index in [0.717, 1.165) is 0 Å². The molecule has 1 rings (SSSR count). The Hall–Kier alpha value is -1.58. The standard InChI is InChI=1S/C8H9NO3/c1-5-3-9-4-6(8(5)12)2-7(10)11/h3-4H,2H2,1H3,(H,9,12)(H,10,11). The van der Waals surface area contributed by atoms with E-state index in [4.69, 9.17) is 5.11 Å². The zero-order chi connectivity index (χ0) is 9.14. The van der Waals surface area contributed by atoms with E-state index in [-0.39, 0.29) is 11.8 Å². The Morgan fingerprint density at radius 1 is 1.58 bits per heavy atom. The highest BCUT2D eigenvalue weighted by Gasteiger charge is 2.05. The second-order valence-electron chi connectivity index (χ2n) is 2.56. The summed E-state index contributed by atoms with van der Waals surface area (Å²) in [6, 6.07) is 0. The van der Waals surface area contributed by atoms with Gasteiger partial charge in [-0.1, -0.05) is 0 Å². The van der Waals surface area contributed by atoms with E-state index in [1.54, 1.807) is 13.1 Å². The molecule has 4 nitrogen and oxygen atoms in total. The van der Waals surface area contributed by atoms with Crippen LogP contribution in [0, 0.1) is 6.92 Å². The second kappa shape index (κ2) is 3.21. The Balaban J connectivity index is 3.09. The number of pyridine rings is 1. The lowest BCUT2D eigenvalue weighted by Gasteiger charge is -1.96. The third kappa shape index (κ3) is 1.72. The van der Waals surface area contributed by atoms with Crippen molar-refractivity contribution in [2.45, 2.75) is 13.3 Å². The van der Waals surface area contributed by atoms with Crippen LogP contribution in [0.15, 0.2) is 17.2 Å². The molecule has 0 saturated heterocycles. The molecule has 0 aliphatic carbocycles. The van der Waals surface area contributed by atoms with Crippen molar-refractivity contribution in [3.63, 3.8) is 0 Å². The molecule has 0 saturated carbocycles. The van der Waals surface area contributed by atoms with Crippen LogP contribution in [0.1, 0.15) is 11.1 Å². The molecule has 1 aromatic rings. The average Bonchev–Trinajstić information content (AvgIpc) is 1.98. The van der Waals surface area contributed by atoms with Crippen molar-refractivity contribution < 1.29 is 9.90 Å². The number of carboxylic acids is 1. The van der Waals surface area contributed by atoms with Gasteiger partial charge in [0.25, 0.3) is 0 Å².